The summed E-state index contributed by atoms with van der Waals surface area (Å²) in [5.41, 5.74) is 0. The molecule has 0 rings (SSSR count). The van der Waals surface area contributed by atoms with E-state index < -0.39 is 17.9 Å². The molecule has 0 saturated carbocycles. The minimum absolute atomic E-state index is 0. The van der Waals surface area contributed by atoms with Crippen LogP contribution < -0.4 is 0 Å². The molecule has 0 aliphatic carbocycles. The molecule has 0 fully saturated rings. The Morgan fingerprint density at radius 2 is 1.03 bits per heavy atom. The van der Waals surface area contributed by atoms with Crippen molar-refractivity contribution >= 4 is 17.9 Å². The molecular weight excluding hydrogens is 524 g/mol. The number of carbonyl (C=O) groups is 3. The normalized spacial score (nSPS) is 11.7. The number of unbranched alkanes of at least 4 members (excludes halogenated alkanes) is 3. The molecule has 2 atom stereocenters. The Morgan fingerprint density at radius 3 is 1.26 bits per heavy atom. The third-order valence-corrected chi connectivity index (χ3v) is 4.92. The van der Waals surface area contributed by atoms with Gasteiger partial charge < -0.3 is 15.3 Å². The minimum Gasteiger partial charge on any atom is -0.481 e. The maximum Gasteiger partial charge on any atom is 0.306 e. The molecule has 0 amide bonds. The second-order valence-electron chi connectivity index (χ2n) is 8.20. The summed E-state index contributed by atoms with van der Waals surface area (Å²) in [6.45, 7) is 12.3. The van der Waals surface area contributed by atoms with Gasteiger partial charge in [-0.25, -0.2) is 0 Å². The van der Waals surface area contributed by atoms with Crippen molar-refractivity contribution < 1.29 is 71.5 Å². The fourth-order valence-corrected chi connectivity index (χ4v) is 2.73. The fraction of sp³-hybridized carbons (Fsp3) is 0.875. The van der Waals surface area contributed by atoms with Crippen LogP contribution >= 0.6 is 0 Å². The molecule has 0 aromatic rings. The monoisotopic (exact) mass is 572 g/mol. The van der Waals surface area contributed by atoms with E-state index >= 15 is 0 Å². The Bertz CT molecular complexity index is 400. The average Bonchev–Trinajstić information content (AvgIpc) is 2.67. The molecule has 0 aromatic carbocycles. The zero-order chi connectivity index (χ0) is 23.9. The quantitative estimate of drug-likeness (QED) is 0.185. The van der Waals surface area contributed by atoms with Gasteiger partial charge in [0.2, 0.25) is 0 Å². The Hall–Kier alpha value is -0.213. The number of rotatable bonds is 15. The van der Waals surface area contributed by atoms with Gasteiger partial charge in [0, 0.05) is 48.2 Å². The van der Waals surface area contributed by atoms with Crippen LogP contribution in [0.15, 0.2) is 0 Å². The molecule has 0 heterocycles. The van der Waals surface area contributed by atoms with Gasteiger partial charge in [0.05, 0.1) is 11.8 Å². The van der Waals surface area contributed by atoms with Crippen LogP contribution in [0, 0.1) is 59.5 Å². The molecule has 0 spiro atoms. The summed E-state index contributed by atoms with van der Waals surface area (Å²) in [4.78, 5) is 30.9. The number of carboxylic acids is 3. The Morgan fingerprint density at radius 1 is 0.645 bits per heavy atom. The van der Waals surface area contributed by atoms with Crippen LogP contribution in [0.3, 0.4) is 0 Å². The molecule has 0 aliphatic rings. The first kappa shape index (κ1) is 38.1. The van der Waals surface area contributed by atoms with Gasteiger partial charge in [-0.3, -0.25) is 14.4 Å². The first-order valence-electron chi connectivity index (χ1n) is 11.7. The SMILES string of the molecule is CC(C)CCCCC(=O)O.CCCCC(CC)C(=O)O.CCCCC(CC)C(=O)O.[Ce]. The molecule has 31 heavy (non-hydrogen) atoms. The number of hydrogen-bond donors (Lipinski definition) is 3. The van der Waals surface area contributed by atoms with Crippen LogP contribution in [0.2, 0.25) is 0 Å². The standard InChI is InChI=1S/3C8H16O2.Ce/c1-7(2)5-3-4-6-8(9)10;2*1-3-5-6-7(4-2)8(9)10;/h3*7H,3-6H2,1-2H3,(H,9,10);. The average molecular weight is 573 g/mol. The predicted octanol–water partition coefficient (Wildman–Crippen LogP) is 6.86. The maximum absolute atomic E-state index is 10.4. The summed E-state index contributed by atoms with van der Waals surface area (Å²) in [5.74, 6) is -1.48. The van der Waals surface area contributed by atoms with Gasteiger partial charge in [0.1, 0.15) is 0 Å². The van der Waals surface area contributed by atoms with Crippen molar-refractivity contribution in [2.24, 2.45) is 17.8 Å². The molecule has 0 saturated heterocycles. The van der Waals surface area contributed by atoms with Crippen LogP contribution in [0.5, 0.6) is 0 Å². The first-order chi connectivity index (χ1) is 14.1. The molecule has 0 bridgehead atoms. The van der Waals surface area contributed by atoms with Crippen molar-refractivity contribution in [1.29, 1.82) is 0 Å². The molecule has 2 unspecified atom stereocenters. The zero-order valence-corrected chi connectivity index (χ0v) is 23.9. The predicted molar refractivity (Wildman–Crippen MR) is 123 cm³/mol. The molecule has 6 nitrogen and oxygen atoms in total. The Kier molecular flexibility index (Phi) is 34.2. The summed E-state index contributed by atoms with van der Waals surface area (Å²) in [6.07, 6.45) is 10.8. The largest absolute Gasteiger partial charge is 0.481 e. The smallest absolute Gasteiger partial charge is 0.306 e. The van der Waals surface area contributed by atoms with Gasteiger partial charge in [-0.2, -0.15) is 0 Å². The van der Waals surface area contributed by atoms with Crippen LogP contribution in [-0.4, -0.2) is 33.2 Å². The summed E-state index contributed by atoms with van der Waals surface area (Å²) in [5, 5.41) is 25.5. The van der Waals surface area contributed by atoms with Crippen molar-refractivity contribution in [1.82, 2.24) is 0 Å². The molecular formula is C24H48CeO6. The Labute approximate surface area is 224 Å². The summed E-state index contributed by atoms with van der Waals surface area (Å²) >= 11 is 0. The number of aliphatic carboxylic acids is 3. The fourth-order valence-electron chi connectivity index (χ4n) is 2.73. The van der Waals surface area contributed by atoms with E-state index in [1.54, 1.807) is 0 Å². The second kappa shape index (κ2) is 27.8. The zero-order valence-electron chi connectivity index (χ0n) is 20.8. The number of hydrogen-bond acceptors (Lipinski definition) is 3. The van der Waals surface area contributed by atoms with Crippen LogP contribution in [0.4, 0.5) is 0 Å². The van der Waals surface area contributed by atoms with E-state index in [0.29, 0.717) is 12.3 Å². The van der Waals surface area contributed by atoms with E-state index in [9.17, 15) is 14.4 Å². The van der Waals surface area contributed by atoms with Crippen molar-refractivity contribution in [2.45, 2.75) is 119 Å². The molecule has 0 radical (unpaired) electrons. The van der Waals surface area contributed by atoms with E-state index in [-0.39, 0.29) is 53.6 Å². The van der Waals surface area contributed by atoms with Crippen LogP contribution in [0.1, 0.15) is 119 Å². The summed E-state index contributed by atoms with van der Waals surface area (Å²) in [6, 6.07) is 0. The second-order valence-corrected chi connectivity index (χ2v) is 8.20. The van der Waals surface area contributed by atoms with Crippen molar-refractivity contribution in [3.05, 3.63) is 0 Å². The van der Waals surface area contributed by atoms with E-state index in [2.05, 4.69) is 27.7 Å². The summed E-state index contributed by atoms with van der Waals surface area (Å²) in [7, 11) is 0. The van der Waals surface area contributed by atoms with E-state index in [0.717, 1.165) is 70.6 Å². The van der Waals surface area contributed by atoms with Crippen LogP contribution in [-0.2, 0) is 14.4 Å². The van der Waals surface area contributed by atoms with E-state index in [1.807, 2.05) is 13.8 Å². The van der Waals surface area contributed by atoms with E-state index in [4.69, 9.17) is 15.3 Å². The van der Waals surface area contributed by atoms with Crippen molar-refractivity contribution in [3.8, 4) is 0 Å². The van der Waals surface area contributed by atoms with Gasteiger partial charge >= 0.3 is 17.9 Å². The van der Waals surface area contributed by atoms with Crippen molar-refractivity contribution in [2.75, 3.05) is 0 Å². The third kappa shape index (κ3) is 32.1. The topological polar surface area (TPSA) is 112 Å². The van der Waals surface area contributed by atoms with E-state index in [1.165, 1.54) is 0 Å². The molecule has 184 valence electrons. The van der Waals surface area contributed by atoms with Gasteiger partial charge in [0.25, 0.3) is 0 Å². The molecule has 7 heteroatoms. The minimum atomic E-state index is -0.677. The molecule has 0 aliphatic heterocycles. The van der Waals surface area contributed by atoms with Crippen molar-refractivity contribution in [3.63, 3.8) is 0 Å². The third-order valence-electron chi connectivity index (χ3n) is 4.92. The number of carboxylic acid groups (broad SMARTS) is 3. The molecule has 0 aromatic heterocycles. The Balaban J connectivity index is -0.000000174. The first-order valence-corrected chi connectivity index (χ1v) is 11.7. The maximum atomic E-state index is 10.4. The van der Waals surface area contributed by atoms with Crippen LogP contribution in [0.25, 0.3) is 0 Å². The molecule has 3 N–H and O–H groups in total. The van der Waals surface area contributed by atoms with Gasteiger partial charge in [0.15, 0.2) is 0 Å². The van der Waals surface area contributed by atoms with Gasteiger partial charge in [-0.1, -0.05) is 80.1 Å². The van der Waals surface area contributed by atoms with Gasteiger partial charge in [-0.05, 0) is 38.0 Å². The summed E-state index contributed by atoms with van der Waals surface area (Å²) < 4.78 is 0. The van der Waals surface area contributed by atoms with Gasteiger partial charge in [-0.15, -0.1) is 0 Å².